The number of nitriles is 1. The lowest BCUT2D eigenvalue weighted by Crippen LogP contribution is -2.50. The Morgan fingerprint density at radius 3 is 2.69 bits per heavy atom. The molecule has 4 nitrogen and oxygen atoms in total. The topological polar surface area (TPSA) is 59.3 Å². The maximum absolute atomic E-state index is 11.0. The number of aliphatic hydroxyl groups excluding tert-OH is 1. The summed E-state index contributed by atoms with van der Waals surface area (Å²) in [5, 5.41) is 26.3. The summed E-state index contributed by atoms with van der Waals surface area (Å²) in [6, 6.07) is 25.3. The minimum absolute atomic E-state index is 0.117. The molecule has 3 aromatic rings. The van der Waals surface area contributed by atoms with Crippen molar-refractivity contribution in [2.24, 2.45) is 0 Å². The molecule has 1 saturated heterocycles. The number of rotatable bonds is 8. The van der Waals surface area contributed by atoms with Crippen LogP contribution in [-0.4, -0.2) is 40.8 Å². The second-order valence-corrected chi connectivity index (χ2v) is 9.68. The summed E-state index contributed by atoms with van der Waals surface area (Å²) in [7, 11) is 0. The van der Waals surface area contributed by atoms with Crippen molar-refractivity contribution in [2.45, 2.75) is 57.3 Å². The van der Waals surface area contributed by atoms with Crippen LogP contribution in [0.15, 0.2) is 66.7 Å². The number of β-amino-alcohol motifs (C(OH)–C–C–N with tert-alkyl or cyclic N) is 1. The van der Waals surface area contributed by atoms with Gasteiger partial charge in [0.05, 0.1) is 17.7 Å². The van der Waals surface area contributed by atoms with Crippen molar-refractivity contribution >= 4 is 10.8 Å². The molecule has 0 aliphatic carbocycles. The van der Waals surface area contributed by atoms with Crippen molar-refractivity contribution in [2.75, 3.05) is 13.1 Å². The molecule has 2 N–H and O–H groups in total. The summed E-state index contributed by atoms with van der Waals surface area (Å²) in [4.78, 5) is 2.36. The van der Waals surface area contributed by atoms with Crippen LogP contribution in [-0.2, 0) is 13.0 Å². The van der Waals surface area contributed by atoms with Crippen LogP contribution in [0.25, 0.3) is 10.8 Å². The SMILES string of the molecule is CC(C)(Cc1ccc2ccccc2c1)NC[C@H](O)[C@H]1CCCN1Cc1cccc(C#N)c1. The maximum Gasteiger partial charge on any atom is 0.0991 e. The molecular formula is C28H33N3O. The van der Waals surface area contributed by atoms with Crippen molar-refractivity contribution in [3.05, 3.63) is 83.4 Å². The van der Waals surface area contributed by atoms with Gasteiger partial charge in [0.25, 0.3) is 0 Å². The average Bonchev–Trinajstić information content (AvgIpc) is 3.25. The third-order valence-electron chi connectivity index (χ3n) is 6.55. The molecule has 0 radical (unpaired) electrons. The molecule has 0 saturated carbocycles. The van der Waals surface area contributed by atoms with Crippen molar-refractivity contribution < 1.29 is 5.11 Å². The molecule has 3 aromatic carbocycles. The summed E-state index contributed by atoms with van der Waals surface area (Å²) in [5.74, 6) is 0. The van der Waals surface area contributed by atoms with Gasteiger partial charge in [-0.2, -0.15) is 5.26 Å². The lowest BCUT2D eigenvalue weighted by atomic mass is 9.93. The number of benzene rings is 3. The van der Waals surface area contributed by atoms with Gasteiger partial charge in [-0.25, -0.2) is 0 Å². The fourth-order valence-corrected chi connectivity index (χ4v) is 4.90. The van der Waals surface area contributed by atoms with Gasteiger partial charge in [-0.3, -0.25) is 4.90 Å². The Hall–Kier alpha value is -2.71. The molecule has 4 rings (SSSR count). The van der Waals surface area contributed by atoms with Crippen molar-refractivity contribution in [1.82, 2.24) is 10.2 Å². The molecule has 0 unspecified atom stereocenters. The summed E-state index contributed by atoms with van der Waals surface area (Å²) >= 11 is 0. The van der Waals surface area contributed by atoms with E-state index in [1.54, 1.807) is 0 Å². The lowest BCUT2D eigenvalue weighted by molar-refractivity contribution is 0.0633. The van der Waals surface area contributed by atoms with E-state index in [0.29, 0.717) is 12.1 Å². The van der Waals surface area contributed by atoms with Crippen LogP contribution in [0.2, 0.25) is 0 Å². The van der Waals surface area contributed by atoms with Crippen molar-refractivity contribution in [1.29, 1.82) is 5.26 Å². The Kier molecular flexibility index (Phi) is 6.91. The predicted molar refractivity (Wildman–Crippen MR) is 130 cm³/mol. The van der Waals surface area contributed by atoms with E-state index in [4.69, 9.17) is 5.26 Å². The highest BCUT2D eigenvalue weighted by Gasteiger charge is 2.31. The third-order valence-corrected chi connectivity index (χ3v) is 6.55. The highest BCUT2D eigenvalue weighted by atomic mass is 16.3. The van der Waals surface area contributed by atoms with Gasteiger partial charge < -0.3 is 10.4 Å². The quantitative estimate of drug-likeness (QED) is 0.549. The average molecular weight is 428 g/mol. The third kappa shape index (κ3) is 5.55. The minimum atomic E-state index is -0.424. The van der Waals surface area contributed by atoms with Gasteiger partial charge >= 0.3 is 0 Å². The zero-order valence-corrected chi connectivity index (χ0v) is 19.1. The number of hydrogen-bond donors (Lipinski definition) is 2. The first-order chi connectivity index (χ1) is 15.4. The fraction of sp³-hybridized carbons (Fsp3) is 0.393. The normalized spacial score (nSPS) is 18.0. The maximum atomic E-state index is 11.0. The van der Waals surface area contributed by atoms with E-state index in [9.17, 15) is 5.11 Å². The van der Waals surface area contributed by atoms with E-state index in [1.807, 2.05) is 18.2 Å². The molecule has 0 aromatic heterocycles. The van der Waals surface area contributed by atoms with E-state index >= 15 is 0 Å². The molecule has 32 heavy (non-hydrogen) atoms. The molecule has 2 atom stereocenters. The monoisotopic (exact) mass is 427 g/mol. The number of nitrogens with one attached hydrogen (secondary N) is 1. The van der Waals surface area contributed by atoms with Gasteiger partial charge in [0.15, 0.2) is 0 Å². The van der Waals surface area contributed by atoms with E-state index in [1.165, 1.54) is 16.3 Å². The second-order valence-electron chi connectivity index (χ2n) is 9.68. The standard InChI is InChI=1S/C28H33N3O/c1-28(2,17-21-12-13-24-9-3-4-10-25(24)16-21)30-19-27(32)26-11-6-14-31(26)20-23-8-5-7-22(15-23)18-29/h3-5,7-10,12-13,15-16,26-27,30,32H,6,11,14,17,19-20H2,1-2H3/t26-,27+/m1/s1. The lowest BCUT2D eigenvalue weighted by Gasteiger charge is -2.33. The number of hydrogen-bond acceptors (Lipinski definition) is 4. The van der Waals surface area contributed by atoms with Crippen molar-refractivity contribution in [3.8, 4) is 6.07 Å². The number of aliphatic hydroxyl groups is 1. The predicted octanol–water partition coefficient (Wildman–Crippen LogP) is 4.65. The Labute approximate surface area is 191 Å². The molecule has 1 heterocycles. The van der Waals surface area contributed by atoms with E-state index < -0.39 is 6.10 Å². The number of fused-ring (bicyclic) bond motifs is 1. The first kappa shape index (κ1) is 22.5. The van der Waals surface area contributed by atoms with Crippen LogP contribution >= 0.6 is 0 Å². The van der Waals surface area contributed by atoms with Crippen molar-refractivity contribution in [3.63, 3.8) is 0 Å². The summed E-state index contributed by atoms with van der Waals surface area (Å²) in [6.45, 7) is 6.74. The molecule has 4 heteroatoms. The zero-order valence-electron chi connectivity index (χ0n) is 19.1. The molecule has 1 fully saturated rings. The zero-order chi connectivity index (χ0) is 22.6. The number of likely N-dealkylation sites (tertiary alicyclic amines) is 1. The van der Waals surface area contributed by atoms with Gasteiger partial charge in [-0.1, -0.05) is 54.6 Å². The van der Waals surface area contributed by atoms with Gasteiger partial charge in [-0.05, 0) is 73.7 Å². The minimum Gasteiger partial charge on any atom is -0.390 e. The molecule has 0 bridgehead atoms. The van der Waals surface area contributed by atoms with Crippen LogP contribution < -0.4 is 5.32 Å². The highest BCUT2D eigenvalue weighted by Crippen LogP contribution is 2.24. The van der Waals surface area contributed by atoms with Gasteiger partial charge in [-0.15, -0.1) is 0 Å². The van der Waals surface area contributed by atoms with E-state index in [-0.39, 0.29) is 11.6 Å². The molecule has 0 spiro atoms. The first-order valence-corrected chi connectivity index (χ1v) is 11.6. The van der Waals surface area contributed by atoms with Gasteiger partial charge in [0, 0.05) is 24.7 Å². The van der Waals surface area contributed by atoms with Crippen LogP contribution in [0.1, 0.15) is 43.4 Å². The van der Waals surface area contributed by atoms with Crippen LogP contribution in [0.5, 0.6) is 0 Å². The molecule has 1 aliphatic rings. The van der Waals surface area contributed by atoms with Crippen LogP contribution in [0, 0.1) is 11.3 Å². The summed E-state index contributed by atoms with van der Waals surface area (Å²) < 4.78 is 0. The van der Waals surface area contributed by atoms with Gasteiger partial charge in [0.1, 0.15) is 0 Å². The summed E-state index contributed by atoms with van der Waals surface area (Å²) in [6.07, 6.45) is 2.58. The molecule has 166 valence electrons. The van der Waals surface area contributed by atoms with Crippen LogP contribution in [0.4, 0.5) is 0 Å². The Balaban J connectivity index is 1.34. The number of nitrogens with zero attached hydrogens (tertiary/aromatic N) is 2. The largest absolute Gasteiger partial charge is 0.390 e. The molecule has 1 aliphatic heterocycles. The Morgan fingerprint density at radius 1 is 1.06 bits per heavy atom. The van der Waals surface area contributed by atoms with E-state index in [2.05, 4.69) is 78.7 Å². The Morgan fingerprint density at radius 2 is 1.88 bits per heavy atom. The first-order valence-electron chi connectivity index (χ1n) is 11.6. The van der Waals surface area contributed by atoms with Gasteiger partial charge in [0.2, 0.25) is 0 Å². The van der Waals surface area contributed by atoms with E-state index in [0.717, 1.165) is 37.9 Å². The Bertz CT molecular complexity index is 1100. The second kappa shape index (κ2) is 9.83. The smallest absolute Gasteiger partial charge is 0.0991 e. The summed E-state index contributed by atoms with van der Waals surface area (Å²) in [5.41, 5.74) is 3.01. The molecule has 0 amide bonds. The molecular weight excluding hydrogens is 394 g/mol. The fourth-order valence-electron chi connectivity index (χ4n) is 4.90. The van der Waals surface area contributed by atoms with Crippen LogP contribution in [0.3, 0.4) is 0 Å². The highest BCUT2D eigenvalue weighted by molar-refractivity contribution is 5.83.